The highest BCUT2D eigenvalue weighted by atomic mass is 32.2. The summed E-state index contributed by atoms with van der Waals surface area (Å²) in [5.74, 6) is -0.504. The smallest absolute Gasteiger partial charge is 0.352 e. The number of hydrogen-bond acceptors (Lipinski definition) is 8. The number of carboxylic acids is 1. The highest BCUT2D eigenvalue weighted by Crippen LogP contribution is 2.40. The average molecular weight is 328 g/mol. The number of nitrogens with zero attached hydrogens (tertiary/aromatic N) is 5. The quantitative estimate of drug-likeness (QED) is 0.522. The highest BCUT2D eigenvalue weighted by molar-refractivity contribution is 8.01. The van der Waals surface area contributed by atoms with Crippen LogP contribution in [0.15, 0.2) is 16.4 Å². The SMILES string of the molecule is Cn1nnnc1SCC1=C(C(=O)O)N2C(=O)[C@H](N)[C@H]2SC1. The van der Waals surface area contributed by atoms with Gasteiger partial charge in [0.2, 0.25) is 11.1 Å². The number of aryl methyl sites for hydroxylation is 1. The summed E-state index contributed by atoms with van der Waals surface area (Å²) in [7, 11) is 1.71. The Bertz CT molecular complexity index is 644. The molecule has 21 heavy (non-hydrogen) atoms. The highest BCUT2D eigenvalue weighted by Gasteiger charge is 2.51. The van der Waals surface area contributed by atoms with Gasteiger partial charge in [-0.1, -0.05) is 11.8 Å². The Hall–Kier alpha value is -1.59. The monoisotopic (exact) mass is 328 g/mol. The van der Waals surface area contributed by atoms with Crippen LogP contribution >= 0.6 is 23.5 Å². The largest absolute Gasteiger partial charge is 0.477 e. The molecule has 0 aliphatic carbocycles. The number of nitrogens with two attached hydrogens (primary N) is 1. The average Bonchev–Trinajstić information content (AvgIpc) is 2.88. The van der Waals surface area contributed by atoms with E-state index in [-0.39, 0.29) is 17.0 Å². The second-order valence-corrected chi connectivity index (χ2v) is 6.61. The van der Waals surface area contributed by atoms with Gasteiger partial charge in [0.1, 0.15) is 17.1 Å². The van der Waals surface area contributed by atoms with Gasteiger partial charge < -0.3 is 10.8 Å². The van der Waals surface area contributed by atoms with Gasteiger partial charge >= 0.3 is 5.97 Å². The van der Waals surface area contributed by atoms with Gasteiger partial charge in [0.05, 0.1) is 0 Å². The first-order valence-corrected chi connectivity index (χ1v) is 8.05. The number of aromatic nitrogens is 4. The Balaban J connectivity index is 1.83. The van der Waals surface area contributed by atoms with Gasteiger partial charge in [0, 0.05) is 18.6 Å². The van der Waals surface area contributed by atoms with Crippen LogP contribution < -0.4 is 5.73 Å². The second-order valence-electron chi connectivity index (χ2n) is 4.57. The van der Waals surface area contributed by atoms with Gasteiger partial charge in [0.25, 0.3) is 0 Å². The number of rotatable bonds is 4. The third kappa shape index (κ3) is 2.30. The van der Waals surface area contributed by atoms with Crippen LogP contribution in [0.4, 0.5) is 0 Å². The number of fused-ring (bicyclic) bond motifs is 1. The Morgan fingerprint density at radius 2 is 2.38 bits per heavy atom. The van der Waals surface area contributed by atoms with E-state index in [1.807, 2.05) is 0 Å². The minimum atomic E-state index is -1.10. The molecule has 3 rings (SSSR count). The first kappa shape index (κ1) is 14.4. The molecular weight excluding hydrogens is 316 g/mol. The molecule has 0 saturated carbocycles. The van der Waals surface area contributed by atoms with Crippen LogP contribution in [0.1, 0.15) is 0 Å². The minimum absolute atomic E-state index is 0.0491. The van der Waals surface area contributed by atoms with Crippen molar-refractivity contribution >= 4 is 35.4 Å². The summed E-state index contributed by atoms with van der Waals surface area (Å²) in [5, 5.41) is 20.8. The van der Waals surface area contributed by atoms with Crippen LogP contribution in [-0.2, 0) is 16.6 Å². The van der Waals surface area contributed by atoms with Gasteiger partial charge in [0.15, 0.2) is 0 Å². The summed E-state index contributed by atoms with van der Waals surface area (Å²) in [6.07, 6.45) is 0. The zero-order chi connectivity index (χ0) is 15.1. The molecular formula is C10H12N6O3S2. The molecule has 11 heteroatoms. The maximum atomic E-state index is 11.8. The van der Waals surface area contributed by atoms with E-state index in [1.165, 1.54) is 33.1 Å². The number of tetrazole rings is 1. The fourth-order valence-corrected chi connectivity index (χ4v) is 4.47. The minimum Gasteiger partial charge on any atom is -0.477 e. The van der Waals surface area contributed by atoms with Gasteiger partial charge in [-0.15, -0.1) is 16.9 Å². The molecule has 3 N–H and O–H groups in total. The van der Waals surface area contributed by atoms with Crippen LogP contribution in [0, 0.1) is 0 Å². The van der Waals surface area contributed by atoms with E-state index in [1.54, 1.807) is 7.05 Å². The van der Waals surface area contributed by atoms with Crippen molar-refractivity contribution < 1.29 is 14.7 Å². The molecule has 1 aromatic heterocycles. The van der Waals surface area contributed by atoms with Gasteiger partial charge in [-0.25, -0.2) is 9.48 Å². The lowest BCUT2D eigenvalue weighted by atomic mass is 10.0. The third-order valence-corrected chi connectivity index (χ3v) is 5.71. The predicted octanol–water partition coefficient (Wildman–Crippen LogP) is -1.12. The molecule has 1 fully saturated rings. The van der Waals surface area contributed by atoms with Crippen LogP contribution in [0.2, 0.25) is 0 Å². The molecule has 1 saturated heterocycles. The fourth-order valence-electron chi connectivity index (χ4n) is 2.19. The van der Waals surface area contributed by atoms with Crippen molar-refractivity contribution in [3.8, 4) is 0 Å². The molecule has 9 nitrogen and oxygen atoms in total. The van der Waals surface area contributed by atoms with Crippen molar-refractivity contribution in [2.45, 2.75) is 16.6 Å². The third-order valence-electron chi connectivity index (χ3n) is 3.25. The molecule has 112 valence electrons. The van der Waals surface area contributed by atoms with Crippen molar-refractivity contribution in [2.24, 2.45) is 12.8 Å². The Kier molecular flexibility index (Phi) is 3.63. The lowest BCUT2D eigenvalue weighted by Crippen LogP contribution is -2.68. The zero-order valence-corrected chi connectivity index (χ0v) is 12.6. The maximum Gasteiger partial charge on any atom is 0.352 e. The molecule has 2 aliphatic heterocycles. The van der Waals surface area contributed by atoms with E-state index in [0.717, 1.165) is 0 Å². The molecule has 1 aromatic rings. The topological polar surface area (TPSA) is 127 Å². The number of hydrogen-bond donors (Lipinski definition) is 2. The molecule has 0 radical (unpaired) electrons. The van der Waals surface area contributed by atoms with E-state index in [0.29, 0.717) is 22.2 Å². The summed E-state index contributed by atoms with van der Waals surface area (Å²) >= 11 is 2.82. The van der Waals surface area contributed by atoms with Crippen molar-refractivity contribution in [3.63, 3.8) is 0 Å². The summed E-state index contributed by atoms with van der Waals surface area (Å²) in [5.41, 5.74) is 6.42. The predicted molar refractivity (Wildman–Crippen MR) is 75.3 cm³/mol. The standard InChI is InChI=1S/C10H12N6O3S2/c1-15-10(12-13-14-15)21-3-4-2-20-8-5(11)7(17)16(8)6(4)9(18)19/h5,8H,2-3,11H2,1H3,(H,18,19)/t5-,8+/m0/s1. The van der Waals surface area contributed by atoms with E-state index >= 15 is 0 Å². The number of thioether (sulfide) groups is 2. The normalized spacial score (nSPS) is 24.9. The maximum absolute atomic E-state index is 11.8. The van der Waals surface area contributed by atoms with E-state index in [4.69, 9.17) is 5.73 Å². The molecule has 0 spiro atoms. The van der Waals surface area contributed by atoms with Crippen molar-refractivity contribution in [2.75, 3.05) is 11.5 Å². The molecule has 2 aliphatic rings. The summed E-state index contributed by atoms with van der Waals surface area (Å²) in [6, 6.07) is -0.610. The molecule has 3 heterocycles. The number of amides is 1. The van der Waals surface area contributed by atoms with Crippen LogP contribution in [0.3, 0.4) is 0 Å². The molecule has 0 unspecified atom stereocenters. The van der Waals surface area contributed by atoms with Gasteiger partial charge in [-0.3, -0.25) is 9.69 Å². The lowest BCUT2D eigenvalue weighted by molar-refractivity contribution is -0.147. The Morgan fingerprint density at radius 3 is 3.00 bits per heavy atom. The van der Waals surface area contributed by atoms with Crippen LogP contribution in [0.5, 0.6) is 0 Å². The van der Waals surface area contributed by atoms with E-state index in [2.05, 4.69) is 15.5 Å². The number of carbonyl (C=O) groups excluding carboxylic acids is 1. The zero-order valence-electron chi connectivity index (χ0n) is 11.0. The second kappa shape index (κ2) is 5.31. The number of carbonyl (C=O) groups is 2. The van der Waals surface area contributed by atoms with Crippen LogP contribution in [-0.4, -0.2) is 65.0 Å². The fraction of sp³-hybridized carbons (Fsp3) is 0.500. The van der Waals surface area contributed by atoms with Gasteiger partial charge in [-0.2, -0.15) is 0 Å². The van der Waals surface area contributed by atoms with E-state index in [9.17, 15) is 14.7 Å². The summed E-state index contributed by atoms with van der Waals surface area (Å²) in [6.45, 7) is 0. The molecule has 0 bridgehead atoms. The van der Waals surface area contributed by atoms with Gasteiger partial charge in [-0.05, 0) is 16.0 Å². The first-order valence-electron chi connectivity index (χ1n) is 6.01. The van der Waals surface area contributed by atoms with Crippen molar-refractivity contribution in [3.05, 3.63) is 11.3 Å². The van der Waals surface area contributed by atoms with Crippen LogP contribution in [0.25, 0.3) is 0 Å². The van der Waals surface area contributed by atoms with Crippen molar-refractivity contribution in [1.82, 2.24) is 25.1 Å². The molecule has 2 atom stereocenters. The lowest BCUT2D eigenvalue weighted by Gasteiger charge is -2.48. The Morgan fingerprint density at radius 1 is 1.62 bits per heavy atom. The molecule has 1 amide bonds. The Labute approximate surface area is 127 Å². The number of aliphatic carboxylic acids is 1. The number of β-lactam (4-membered cyclic amide) rings is 1. The summed E-state index contributed by atoms with van der Waals surface area (Å²) in [4.78, 5) is 24.6. The summed E-state index contributed by atoms with van der Waals surface area (Å²) < 4.78 is 1.51. The first-order chi connectivity index (χ1) is 10.0. The number of carboxylic acid groups (broad SMARTS) is 1. The van der Waals surface area contributed by atoms with Crippen molar-refractivity contribution in [1.29, 1.82) is 0 Å². The van der Waals surface area contributed by atoms with E-state index < -0.39 is 12.0 Å². The molecule has 0 aromatic carbocycles.